The molecule has 0 saturated heterocycles. The topological polar surface area (TPSA) is 144 Å². The summed E-state index contributed by atoms with van der Waals surface area (Å²) in [4.78, 5) is 36.6. The van der Waals surface area contributed by atoms with Crippen molar-refractivity contribution in [2.24, 2.45) is 5.10 Å². The number of furan rings is 1. The van der Waals surface area contributed by atoms with Crippen molar-refractivity contribution in [2.45, 2.75) is 23.6 Å². The van der Waals surface area contributed by atoms with Crippen LogP contribution in [0, 0.1) is 20.2 Å². The van der Waals surface area contributed by atoms with E-state index in [4.69, 9.17) is 4.42 Å². The number of nitrogens with zero attached hydrogens (tertiary/aromatic N) is 4. The third-order valence-electron chi connectivity index (χ3n) is 4.71. The Morgan fingerprint density at radius 1 is 1.06 bits per heavy atom. The number of hydrogen-bond donors (Lipinski definition) is 1. The summed E-state index contributed by atoms with van der Waals surface area (Å²) in [6.45, 7) is 5.21. The SMILES string of the molecule is CCN(CC)c1oc(C=NNC(=O)c2cccc([N+](=O)[O-])c2)cc1Sc1ccccc1[N+](=O)[O-]. The molecule has 0 unspecified atom stereocenters. The smallest absolute Gasteiger partial charge is 0.283 e. The van der Waals surface area contributed by atoms with Crippen molar-refractivity contribution in [3.8, 4) is 0 Å². The molecular weight excluding hydrogens is 462 g/mol. The van der Waals surface area contributed by atoms with E-state index < -0.39 is 15.8 Å². The van der Waals surface area contributed by atoms with Gasteiger partial charge in [-0.05, 0) is 26.0 Å². The molecule has 0 aliphatic carbocycles. The van der Waals surface area contributed by atoms with Crippen molar-refractivity contribution < 1.29 is 19.1 Å². The molecule has 1 heterocycles. The van der Waals surface area contributed by atoms with Gasteiger partial charge >= 0.3 is 0 Å². The van der Waals surface area contributed by atoms with E-state index in [0.717, 1.165) is 6.07 Å². The number of nitro benzene ring substituents is 2. The van der Waals surface area contributed by atoms with Gasteiger partial charge in [-0.25, -0.2) is 5.43 Å². The molecule has 176 valence electrons. The molecule has 0 aliphatic rings. The highest BCUT2D eigenvalue weighted by atomic mass is 32.2. The monoisotopic (exact) mass is 483 g/mol. The first-order valence-corrected chi connectivity index (χ1v) is 11.0. The third-order valence-corrected chi connectivity index (χ3v) is 5.79. The summed E-state index contributed by atoms with van der Waals surface area (Å²) in [6, 6.07) is 13.4. The Bertz CT molecular complexity index is 1240. The van der Waals surface area contributed by atoms with Crippen LogP contribution >= 0.6 is 11.8 Å². The highest BCUT2D eigenvalue weighted by molar-refractivity contribution is 7.99. The van der Waals surface area contributed by atoms with E-state index in [0.29, 0.717) is 34.5 Å². The lowest BCUT2D eigenvalue weighted by molar-refractivity contribution is -0.387. The Labute approximate surface area is 198 Å². The largest absolute Gasteiger partial charge is 0.438 e. The lowest BCUT2D eigenvalue weighted by Gasteiger charge is -2.18. The van der Waals surface area contributed by atoms with Gasteiger partial charge in [-0.3, -0.25) is 25.0 Å². The van der Waals surface area contributed by atoms with Crippen LogP contribution in [0.1, 0.15) is 30.0 Å². The normalized spacial score (nSPS) is 10.9. The van der Waals surface area contributed by atoms with Crippen LogP contribution < -0.4 is 10.3 Å². The number of non-ortho nitro benzene ring substituents is 1. The van der Waals surface area contributed by atoms with Gasteiger partial charge in [-0.1, -0.05) is 30.0 Å². The highest BCUT2D eigenvalue weighted by Gasteiger charge is 2.21. The molecule has 1 aromatic heterocycles. The van der Waals surface area contributed by atoms with E-state index in [-0.39, 0.29) is 16.9 Å². The first kappa shape index (κ1) is 24.5. The Kier molecular flexibility index (Phi) is 7.98. The maximum Gasteiger partial charge on any atom is 0.283 e. The molecule has 0 fully saturated rings. The second kappa shape index (κ2) is 11.1. The molecule has 0 bridgehead atoms. The molecule has 0 atom stereocenters. The molecule has 1 amide bonds. The number of carbonyl (C=O) groups excluding carboxylic acids is 1. The standard InChI is InChI=1S/C22H21N5O6S/c1-3-25(4-2)22-20(34-19-11-6-5-10-18(19)27(31)32)13-17(33-22)14-23-24-21(28)15-8-7-9-16(12-15)26(29)30/h5-14H,3-4H2,1-2H3,(H,24,28). The van der Waals surface area contributed by atoms with Crippen LogP contribution in [-0.2, 0) is 0 Å². The number of benzene rings is 2. The predicted molar refractivity (Wildman–Crippen MR) is 128 cm³/mol. The van der Waals surface area contributed by atoms with Crippen molar-refractivity contribution in [3.63, 3.8) is 0 Å². The van der Waals surface area contributed by atoms with Gasteiger partial charge in [0.05, 0.1) is 25.9 Å². The van der Waals surface area contributed by atoms with Crippen molar-refractivity contribution >= 4 is 41.1 Å². The zero-order valence-electron chi connectivity index (χ0n) is 18.3. The fraction of sp³-hybridized carbons (Fsp3) is 0.182. The second-order valence-corrected chi connectivity index (χ2v) is 7.91. The van der Waals surface area contributed by atoms with Crippen LogP contribution in [0.4, 0.5) is 17.3 Å². The minimum Gasteiger partial charge on any atom is -0.438 e. The predicted octanol–water partition coefficient (Wildman–Crippen LogP) is 4.86. The third kappa shape index (κ3) is 5.78. The van der Waals surface area contributed by atoms with Crippen LogP contribution in [0.3, 0.4) is 0 Å². The Hall–Kier alpha value is -4.19. The number of anilines is 1. The van der Waals surface area contributed by atoms with E-state index in [1.807, 2.05) is 18.7 Å². The van der Waals surface area contributed by atoms with Gasteiger partial charge in [-0.2, -0.15) is 5.10 Å². The van der Waals surface area contributed by atoms with Gasteiger partial charge in [0.2, 0.25) is 5.88 Å². The van der Waals surface area contributed by atoms with Crippen LogP contribution in [0.2, 0.25) is 0 Å². The van der Waals surface area contributed by atoms with Crippen LogP contribution in [0.15, 0.2) is 73.9 Å². The van der Waals surface area contributed by atoms with Gasteiger partial charge in [0.25, 0.3) is 17.3 Å². The van der Waals surface area contributed by atoms with Gasteiger partial charge in [0.1, 0.15) is 0 Å². The zero-order valence-corrected chi connectivity index (χ0v) is 19.2. The number of hydrogen-bond acceptors (Lipinski definition) is 9. The van der Waals surface area contributed by atoms with Crippen LogP contribution in [0.25, 0.3) is 0 Å². The number of nitro groups is 2. The number of nitrogens with one attached hydrogen (secondary N) is 1. The minimum absolute atomic E-state index is 0.0152. The van der Waals surface area contributed by atoms with Gasteiger partial charge in [0, 0.05) is 42.9 Å². The molecule has 12 heteroatoms. The number of carbonyl (C=O) groups is 1. The van der Waals surface area contributed by atoms with Gasteiger partial charge in [-0.15, -0.1) is 0 Å². The lowest BCUT2D eigenvalue weighted by Crippen LogP contribution is -2.21. The van der Waals surface area contributed by atoms with E-state index in [9.17, 15) is 25.0 Å². The summed E-state index contributed by atoms with van der Waals surface area (Å²) in [6.07, 6.45) is 1.30. The lowest BCUT2D eigenvalue weighted by atomic mass is 10.2. The summed E-state index contributed by atoms with van der Waals surface area (Å²) < 4.78 is 5.91. The molecular formula is C22H21N5O6S. The van der Waals surface area contributed by atoms with Crippen molar-refractivity contribution in [3.05, 3.63) is 86.1 Å². The van der Waals surface area contributed by atoms with E-state index in [1.54, 1.807) is 24.3 Å². The molecule has 34 heavy (non-hydrogen) atoms. The number of para-hydroxylation sites is 1. The van der Waals surface area contributed by atoms with Crippen molar-refractivity contribution in [2.75, 3.05) is 18.0 Å². The summed E-state index contributed by atoms with van der Waals surface area (Å²) in [5.41, 5.74) is 2.18. The quantitative estimate of drug-likeness (QED) is 0.245. The molecule has 1 N–H and O–H groups in total. The average Bonchev–Trinajstić information content (AvgIpc) is 3.22. The second-order valence-electron chi connectivity index (χ2n) is 6.82. The Morgan fingerprint density at radius 3 is 2.47 bits per heavy atom. The maximum atomic E-state index is 12.3. The maximum absolute atomic E-state index is 12.3. The number of hydrazone groups is 1. The van der Waals surface area contributed by atoms with Crippen LogP contribution in [0.5, 0.6) is 0 Å². The first-order chi connectivity index (χ1) is 16.3. The summed E-state index contributed by atoms with van der Waals surface area (Å²) in [5.74, 6) is 0.229. The molecule has 11 nitrogen and oxygen atoms in total. The van der Waals surface area contributed by atoms with E-state index in [1.165, 1.54) is 42.2 Å². The molecule has 3 aromatic rings. The molecule has 0 saturated carbocycles. The fourth-order valence-corrected chi connectivity index (χ4v) is 4.11. The van der Waals surface area contributed by atoms with Crippen molar-refractivity contribution in [1.29, 1.82) is 0 Å². The molecule has 0 aliphatic heterocycles. The van der Waals surface area contributed by atoms with Crippen LogP contribution in [-0.4, -0.2) is 35.1 Å². The molecule has 0 spiro atoms. The fourth-order valence-electron chi connectivity index (χ4n) is 3.04. The van der Waals surface area contributed by atoms with Gasteiger partial charge < -0.3 is 9.32 Å². The first-order valence-electron chi connectivity index (χ1n) is 10.2. The van der Waals surface area contributed by atoms with E-state index >= 15 is 0 Å². The molecule has 3 rings (SSSR count). The summed E-state index contributed by atoms with van der Waals surface area (Å²) >= 11 is 1.20. The summed E-state index contributed by atoms with van der Waals surface area (Å²) in [5, 5.41) is 26.2. The van der Waals surface area contributed by atoms with E-state index in [2.05, 4.69) is 10.5 Å². The average molecular weight is 484 g/mol. The highest BCUT2D eigenvalue weighted by Crippen LogP contribution is 2.41. The molecule has 0 radical (unpaired) electrons. The Morgan fingerprint density at radius 2 is 1.79 bits per heavy atom. The Balaban J connectivity index is 1.83. The minimum atomic E-state index is -0.620. The van der Waals surface area contributed by atoms with Gasteiger partial charge in [0.15, 0.2) is 5.76 Å². The summed E-state index contributed by atoms with van der Waals surface area (Å²) in [7, 11) is 0. The number of rotatable bonds is 10. The number of amides is 1. The zero-order chi connectivity index (χ0) is 24.7. The van der Waals surface area contributed by atoms with Crippen molar-refractivity contribution in [1.82, 2.24) is 5.43 Å². The molecule has 2 aromatic carbocycles.